The average Bonchev–Trinajstić information content (AvgIpc) is 2.23. The lowest BCUT2D eigenvalue weighted by Gasteiger charge is -2.49. The van der Waals surface area contributed by atoms with Gasteiger partial charge in [0.2, 0.25) is 0 Å². The zero-order valence-corrected chi connectivity index (χ0v) is 13.8. The Morgan fingerprint density at radius 2 is 1.70 bits per heavy atom. The van der Waals surface area contributed by atoms with E-state index in [0.717, 1.165) is 25.7 Å². The van der Waals surface area contributed by atoms with Crippen LogP contribution < -0.4 is 5.32 Å². The van der Waals surface area contributed by atoms with Gasteiger partial charge in [0.25, 0.3) is 0 Å². The van der Waals surface area contributed by atoms with E-state index in [1.807, 2.05) is 0 Å². The highest BCUT2D eigenvalue weighted by molar-refractivity contribution is 5.65. The van der Waals surface area contributed by atoms with Crippen LogP contribution in [-0.4, -0.2) is 39.8 Å². The van der Waals surface area contributed by atoms with Crippen molar-refractivity contribution in [1.29, 1.82) is 0 Å². The molecule has 118 valence electrons. The first-order valence-corrected chi connectivity index (χ1v) is 7.96. The van der Waals surface area contributed by atoms with Crippen molar-refractivity contribution in [2.24, 2.45) is 0 Å². The first-order chi connectivity index (χ1) is 9.17. The second-order valence-corrected chi connectivity index (χ2v) is 7.49. The van der Waals surface area contributed by atoms with E-state index in [1.54, 1.807) is 4.90 Å². The summed E-state index contributed by atoms with van der Waals surface area (Å²) in [5, 5.41) is 13.1. The number of amides is 1. The third-order valence-corrected chi connectivity index (χ3v) is 4.11. The van der Waals surface area contributed by atoms with E-state index < -0.39 is 6.09 Å². The number of piperidine rings is 1. The molecule has 0 bridgehead atoms. The molecule has 0 saturated carbocycles. The Kier molecular flexibility index (Phi) is 5.87. The minimum Gasteiger partial charge on any atom is -0.465 e. The van der Waals surface area contributed by atoms with Crippen LogP contribution in [0.25, 0.3) is 0 Å². The number of rotatable bonds is 6. The Morgan fingerprint density at radius 1 is 1.15 bits per heavy atom. The minimum atomic E-state index is -0.764. The van der Waals surface area contributed by atoms with Gasteiger partial charge in [-0.2, -0.15) is 0 Å². The van der Waals surface area contributed by atoms with Gasteiger partial charge in [0.1, 0.15) is 0 Å². The van der Waals surface area contributed by atoms with Crippen molar-refractivity contribution >= 4 is 6.09 Å². The molecule has 0 aromatic rings. The fourth-order valence-electron chi connectivity index (χ4n) is 3.63. The van der Waals surface area contributed by atoms with Gasteiger partial charge in [0, 0.05) is 23.7 Å². The average molecular weight is 284 g/mol. The van der Waals surface area contributed by atoms with Gasteiger partial charge in [-0.05, 0) is 47.0 Å². The fraction of sp³-hybridized carbons (Fsp3) is 0.938. The van der Waals surface area contributed by atoms with E-state index in [4.69, 9.17) is 0 Å². The van der Waals surface area contributed by atoms with Crippen molar-refractivity contribution in [3.63, 3.8) is 0 Å². The molecule has 0 unspecified atom stereocenters. The molecule has 4 nitrogen and oxygen atoms in total. The molecule has 0 aromatic carbocycles. The maximum Gasteiger partial charge on any atom is 0.407 e. The van der Waals surface area contributed by atoms with Gasteiger partial charge in [-0.1, -0.05) is 26.2 Å². The Balaban J connectivity index is 2.68. The topological polar surface area (TPSA) is 52.6 Å². The molecule has 1 aliphatic heterocycles. The third kappa shape index (κ3) is 5.31. The number of hydrogen-bond donors (Lipinski definition) is 2. The Labute approximate surface area is 123 Å². The normalized spacial score (nSPS) is 21.6. The first kappa shape index (κ1) is 17.3. The fourth-order valence-corrected chi connectivity index (χ4v) is 3.63. The number of carbonyl (C=O) groups is 1. The molecule has 0 atom stereocenters. The molecule has 0 aromatic heterocycles. The third-order valence-electron chi connectivity index (χ3n) is 4.11. The molecular weight excluding hydrogens is 252 g/mol. The van der Waals surface area contributed by atoms with Crippen molar-refractivity contribution in [3.8, 4) is 0 Å². The van der Waals surface area contributed by atoms with Crippen molar-refractivity contribution < 1.29 is 9.90 Å². The second-order valence-electron chi connectivity index (χ2n) is 7.49. The lowest BCUT2D eigenvalue weighted by molar-refractivity contribution is 0.0618. The number of nitrogens with zero attached hydrogens (tertiary/aromatic N) is 1. The Bertz CT molecular complexity index is 310. The van der Waals surface area contributed by atoms with E-state index >= 15 is 0 Å². The SMILES string of the molecule is CCCCCCN(C(=O)O)C1CC(C)(C)NC(C)(C)C1. The van der Waals surface area contributed by atoms with E-state index in [-0.39, 0.29) is 17.1 Å². The molecule has 2 N–H and O–H groups in total. The maximum atomic E-state index is 11.6. The van der Waals surface area contributed by atoms with Crippen LogP contribution in [0.3, 0.4) is 0 Å². The highest BCUT2D eigenvalue weighted by atomic mass is 16.4. The van der Waals surface area contributed by atoms with Crippen molar-refractivity contribution in [1.82, 2.24) is 10.2 Å². The summed E-state index contributed by atoms with van der Waals surface area (Å²) in [7, 11) is 0. The smallest absolute Gasteiger partial charge is 0.407 e. The zero-order valence-electron chi connectivity index (χ0n) is 13.8. The van der Waals surface area contributed by atoms with Crippen molar-refractivity contribution in [3.05, 3.63) is 0 Å². The number of carboxylic acid groups (broad SMARTS) is 1. The van der Waals surface area contributed by atoms with Gasteiger partial charge in [-0.25, -0.2) is 4.79 Å². The first-order valence-electron chi connectivity index (χ1n) is 7.96. The van der Waals surface area contributed by atoms with Crippen LogP contribution >= 0.6 is 0 Å². The predicted molar refractivity (Wildman–Crippen MR) is 83.2 cm³/mol. The largest absolute Gasteiger partial charge is 0.465 e. The summed E-state index contributed by atoms with van der Waals surface area (Å²) in [6.07, 6.45) is 5.48. The van der Waals surface area contributed by atoms with Crippen LogP contribution in [0.2, 0.25) is 0 Å². The van der Waals surface area contributed by atoms with E-state index in [0.29, 0.717) is 6.54 Å². The molecule has 0 radical (unpaired) electrons. The molecule has 1 aliphatic rings. The van der Waals surface area contributed by atoms with Crippen molar-refractivity contribution in [2.75, 3.05) is 6.54 Å². The summed E-state index contributed by atoms with van der Waals surface area (Å²) in [6.45, 7) is 11.5. The van der Waals surface area contributed by atoms with Crippen LogP contribution in [0.4, 0.5) is 4.79 Å². The molecule has 0 aliphatic carbocycles. The standard InChI is InChI=1S/C16H32N2O2/c1-6-7-8-9-10-18(14(19)20)13-11-15(2,3)17-16(4,5)12-13/h13,17H,6-12H2,1-5H3,(H,19,20). The number of hydrogen-bond acceptors (Lipinski definition) is 2. The number of nitrogens with one attached hydrogen (secondary N) is 1. The second kappa shape index (κ2) is 6.79. The van der Waals surface area contributed by atoms with E-state index in [2.05, 4.69) is 39.9 Å². The van der Waals surface area contributed by atoms with Crippen molar-refractivity contribution in [2.45, 2.75) is 90.3 Å². The number of unbranched alkanes of at least 4 members (excludes halogenated alkanes) is 3. The van der Waals surface area contributed by atoms with E-state index in [9.17, 15) is 9.90 Å². The molecule has 1 fully saturated rings. The summed E-state index contributed by atoms with van der Waals surface area (Å²) in [5.41, 5.74) is -0.0208. The zero-order chi connectivity index (χ0) is 15.4. The quantitative estimate of drug-likeness (QED) is 0.728. The molecule has 1 amide bonds. The Morgan fingerprint density at radius 3 is 2.15 bits per heavy atom. The van der Waals surface area contributed by atoms with Crippen LogP contribution in [0.15, 0.2) is 0 Å². The summed E-state index contributed by atoms with van der Waals surface area (Å²) < 4.78 is 0. The predicted octanol–water partition coefficient (Wildman–Crippen LogP) is 3.86. The highest BCUT2D eigenvalue weighted by Crippen LogP contribution is 2.31. The molecule has 0 spiro atoms. The monoisotopic (exact) mass is 284 g/mol. The molecule has 20 heavy (non-hydrogen) atoms. The highest BCUT2D eigenvalue weighted by Gasteiger charge is 2.41. The van der Waals surface area contributed by atoms with Gasteiger partial charge >= 0.3 is 6.09 Å². The lowest BCUT2D eigenvalue weighted by Crippen LogP contribution is -2.62. The van der Waals surface area contributed by atoms with Gasteiger partial charge in [-0.3, -0.25) is 0 Å². The maximum absolute atomic E-state index is 11.6. The van der Waals surface area contributed by atoms with Crippen LogP contribution in [0.1, 0.15) is 73.1 Å². The molecule has 1 saturated heterocycles. The summed E-state index contributed by atoms with van der Waals surface area (Å²) >= 11 is 0. The van der Waals surface area contributed by atoms with Crippen LogP contribution in [0.5, 0.6) is 0 Å². The van der Waals surface area contributed by atoms with Gasteiger partial charge in [0.05, 0.1) is 0 Å². The van der Waals surface area contributed by atoms with Gasteiger partial charge in [-0.15, -0.1) is 0 Å². The summed E-state index contributed by atoms with van der Waals surface area (Å²) in [4.78, 5) is 13.3. The molecule has 4 heteroatoms. The van der Waals surface area contributed by atoms with Gasteiger partial charge < -0.3 is 15.3 Å². The van der Waals surface area contributed by atoms with E-state index in [1.165, 1.54) is 12.8 Å². The summed E-state index contributed by atoms with van der Waals surface area (Å²) in [5.74, 6) is 0. The van der Waals surface area contributed by atoms with Crippen LogP contribution in [-0.2, 0) is 0 Å². The lowest BCUT2D eigenvalue weighted by atomic mass is 9.79. The van der Waals surface area contributed by atoms with Gasteiger partial charge in [0.15, 0.2) is 0 Å². The Hall–Kier alpha value is -0.770. The molecule has 1 heterocycles. The summed E-state index contributed by atoms with van der Waals surface area (Å²) in [6, 6.07) is 0.125. The minimum absolute atomic E-state index is 0.0104. The molecular formula is C16H32N2O2. The molecule has 1 rings (SSSR count). The van der Waals surface area contributed by atoms with Crippen LogP contribution in [0, 0.1) is 0 Å².